The van der Waals surface area contributed by atoms with Crippen molar-refractivity contribution in [2.45, 2.75) is 19.4 Å². The smallest absolute Gasteiger partial charge is 0.240 e. The van der Waals surface area contributed by atoms with Crippen LogP contribution in [0.3, 0.4) is 0 Å². The molecule has 0 saturated carbocycles. The number of carbonyl (C=O) groups is 1. The predicted molar refractivity (Wildman–Crippen MR) is 112 cm³/mol. The molecule has 2 aromatic rings. The van der Waals surface area contributed by atoms with Crippen molar-refractivity contribution in [2.75, 3.05) is 10.6 Å². The highest BCUT2D eigenvalue weighted by atomic mass is 32.1. The normalized spacial score (nSPS) is 11.9. The first-order chi connectivity index (χ1) is 12.9. The summed E-state index contributed by atoms with van der Waals surface area (Å²) in [5, 5.41) is 15.4. The van der Waals surface area contributed by atoms with Crippen LogP contribution in [0.4, 0.5) is 11.4 Å². The van der Waals surface area contributed by atoms with Gasteiger partial charge >= 0.3 is 0 Å². The number of nitrogens with one attached hydrogen (secondary N) is 2. The number of allylic oxidation sites excluding steroid dienone is 1. The fraction of sp³-hybridized carbons (Fsp3) is 0.150. The van der Waals surface area contributed by atoms with Gasteiger partial charge in [0.1, 0.15) is 17.1 Å². The maximum atomic E-state index is 11.9. The number of nitrogens with two attached hydrogens (primary N) is 2. The van der Waals surface area contributed by atoms with Gasteiger partial charge in [-0.3, -0.25) is 4.79 Å². The van der Waals surface area contributed by atoms with E-state index in [4.69, 9.17) is 23.7 Å². The van der Waals surface area contributed by atoms with Crippen LogP contribution in [0.15, 0.2) is 60.3 Å². The molecule has 0 aliphatic rings. The van der Waals surface area contributed by atoms with Crippen LogP contribution >= 0.6 is 12.2 Å². The summed E-state index contributed by atoms with van der Waals surface area (Å²) in [7, 11) is 0. The number of hydrogen-bond acceptors (Lipinski definition) is 5. The number of amides is 1. The molecule has 6 nitrogen and oxygen atoms in total. The van der Waals surface area contributed by atoms with Gasteiger partial charge in [0.2, 0.25) is 5.91 Å². The third-order valence-corrected chi connectivity index (χ3v) is 3.94. The third-order valence-electron chi connectivity index (χ3n) is 3.72. The van der Waals surface area contributed by atoms with Crippen molar-refractivity contribution in [2.24, 2.45) is 11.5 Å². The van der Waals surface area contributed by atoms with Gasteiger partial charge in [-0.1, -0.05) is 42.5 Å². The molecule has 0 unspecified atom stereocenters. The summed E-state index contributed by atoms with van der Waals surface area (Å²) >= 11 is 5.21. The molecule has 1 amide bonds. The van der Waals surface area contributed by atoms with Gasteiger partial charge in [0, 0.05) is 17.8 Å². The molecule has 0 bridgehead atoms. The van der Waals surface area contributed by atoms with Crippen LogP contribution in [0, 0.1) is 11.3 Å². The second-order valence-corrected chi connectivity index (χ2v) is 6.48. The van der Waals surface area contributed by atoms with E-state index in [1.165, 1.54) is 0 Å². The number of hydrogen-bond donors (Lipinski definition) is 4. The van der Waals surface area contributed by atoms with Gasteiger partial charge in [-0.2, -0.15) is 5.26 Å². The van der Waals surface area contributed by atoms with Crippen LogP contribution in [0.1, 0.15) is 18.1 Å². The van der Waals surface area contributed by atoms with Crippen LogP contribution in [0.2, 0.25) is 0 Å². The zero-order valence-electron chi connectivity index (χ0n) is 14.9. The Morgan fingerprint density at radius 1 is 1.26 bits per heavy atom. The van der Waals surface area contributed by atoms with Crippen molar-refractivity contribution in [3.05, 3.63) is 71.4 Å². The van der Waals surface area contributed by atoms with E-state index in [0.29, 0.717) is 34.0 Å². The minimum absolute atomic E-state index is 0.388. The molecule has 6 N–H and O–H groups in total. The van der Waals surface area contributed by atoms with E-state index in [2.05, 4.69) is 16.7 Å². The summed E-state index contributed by atoms with van der Waals surface area (Å²) < 4.78 is 0. The maximum absolute atomic E-state index is 11.9. The summed E-state index contributed by atoms with van der Waals surface area (Å²) in [4.78, 5) is 12.3. The van der Waals surface area contributed by atoms with Gasteiger partial charge in [0.05, 0.1) is 11.3 Å². The Kier molecular flexibility index (Phi) is 6.92. The summed E-state index contributed by atoms with van der Waals surface area (Å²) in [6.07, 6.45) is 2.05. The van der Waals surface area contributed by atoms with E-state index in [9.17, 15) is 10.1 Å². The molecule has 0 fully saturated rings. The number of primary amides is 1. The van der Waals surface area contributed by atoms with Crippen molar-refractivity contribution in [1.82, 2.24) is 0 Å². The molecule has 138 valence electrons. The largest absolute Gasteiger partial charge is 0.402 e. The Bertz CT molecular complexity index is 898. The average molecular weight is 379 g/mol. The third kappa shape index (κ3) is 6.13. The van der Waals surface area contributed by atoms with E-state index in [1.54, 1.807) is 31.2 Å². The lowest BCUT2D eigenvalue weighted by molar-refractivity contribution is -0.118. The van der Waals surface area contributed by atoms with Crippen molar-refractivity contribution < 1.29 is 4.79 Å². The molecule has 0 spiro atoms. The summed E-state index contributed by atoms with van der Waals surface area (Å²) in [5.74, 6) is -0.463. The lowest BCUT2D eigenvalue weighted by Gasteiger charge is -2.18. The molecular formula is C20H21N5OS. The van der Waals surface area contributed by atoms with Crippen LogP contribution in [-0.4, -0.2) is 16.9 Å². The summed E-state index contributed by atoms with van der Waals surface area (Å²) in [6.45, 7) is 1.72. The molecule has 27 heavy (non-hydrogen) atoms. The SMILES string of the molecule is CC(N)=CC(=S)Nc1cc(N[C@H](Cc2ccccc2)C(N)=O)ccc1C#N. The van der Waals surface area contributed by atoms with Gasteiger partial charge in [0.15, 0.2) is 0 Å². The molecule has 0 heterocycles. The van der Waals surface area contributed by atoms with Crippen molar-refractivity contribution in [3.63, 3.8) is 0 Å². The monoisotopic (exact) mass is 379 g/mol. The molecule has 0 aromatic heterocycles. The van der Waals surface area contributed by atoms with E-state index < -0.39 is 11.9 Å². The lowest BCUT2D eigenvalue weighted by atomic mass is 10.0. The topological polar surface area (TPSA) is 117 Å². The molecule has 0 aliphatic heterocycles. The molecule has 0 saturated heterocycles. The second-order valence-electron chi connectivity index (χ2n) is 6.04. The first kappa shape index (κ1) is 19.9. The van der Waals surface area contributed by atoms with Crippen molar-refractivity contribution >= 4 is 34.5 Å². The number of rotatable bonds is 7. The van der Waals surface area contributed by atoms with E-state index in [1.807, 2.05) is 30.3 Å². The van der Waals surface area contributed by atoms with Gasteiger partial charge in [-0.05, 0) is 36.8 Å². The molecule has 0 radical (unpaired) electrons. The lowest BCUT2D eigenvalue weighted by Crippen LogP contribution is -2.37. The number of thiocarbonyl (C=S) groups is 1. The zero-order chi connectivity index (χ0) is 19.8. The summed E-state index contributed by atoms with van der Waals surface area (Å²) in [5.41, 5.74) is 14.3. The average Bonchev–Trinajstić information content (AvgIpc) is 2.61. The van der Waals surface area contributed by atoms with Crippen LogP contribution in [0.5, 0.6) is 0 Å². The standard InChI is InChI=1S/C20H21N5OS/c1-13(22)9-19(27)25-17-11-16(8-7-15(17)12-21)24-18(20(23)26)10-14-5-3-2-4-6-14/h2-9,11,18,24H,10,22H2,1H3,(H2,23,26)(H,25,27)/t18-/m1/s1. The van der Waals surface area contributed by atoms with Crippen LogP contribution in [0.25, 0.3) is 0 Å². The van der Waals surface area contributed by atoms with Crippen molar-refractivity contribution in [3.8, 4) is 6.07 Å². The zero-order valence-corrected chi connectivity index (χ0v) is 15.7. The highest BCUT2D eigenvalue weighted by Gasteiger charge is 2.16. The number of carbonyl (C=O) groups excluding carboxylic acids is 1. The predicted octanol–water partition coefficient (Wildman–Crippen LogP) is 2.67. The van der Waals surface area contributed by atoms with Crippen LogP contribution in [-0.2, 0) is 11.2 Å². The minimum atomic E-state index is -0.591. The Balaban J connectivity index is 2.22. The quantitative estimate of drug-likeness (QED) is 0.434. The summed E-state index contributed by atoms with van der Waals surface area (Å²) in [6, 6.07) is 16.2. The van der Waals surface area contributed by atoms with Gasteiger partial charge in [0.25, 0.3) is 0 Å². The van der Waals surface area contributed by atoms with Crippen LogP contribution < -0.4 is 22.1 Å². The fourth-order valence-electron chi connectivity index (χ4n) is 2.48. The highest BCUT2D eigenvalue weighted by molar-refractivity contribution is 7.81. The highest BCUT2D eigenvalue weighted by Crippen LogP contribution is 2.22. The Morgan fingerprint density at radius 2 is 1.96 bits per heavy atom. The van der Waals surface area contributed by atoms with Gasteiger partial charge < -0.3 is 22.1 Å². The first-order valence-electron chi connectivity index (χ1n) is 8.27. The Morgan fingerprint density at radius 3 is 2.56 bits per heavy atom. The minimum Gasteiger partial charge on any atom is -0.402 e. The number of nitriles is 1. The molecule has 2 aromatic carbocycles. The second kappa shape index (κ2) is 9.36. The van der Waals surface area contributed by atoms with Crippen molar-refractivity contribution in [1.29, 1.82) is 5.26 Å². The van der Waals surface area contributed by atoms with E-state index >= 15 is 0 Å². The molecule has 2 rings (SSSR count). The maximum Gasteiger partial charge on any atom is 0.240 e. The molecule has 7 heteroatoms. The van der Waals surface area contributed by atoms with Gasteiger partial charge in [-0.25, -0.2) is 0 Å². The molecule has 1 atom stereocenters. The first-order valence-corrected chi connectivity index (χ1v) is 8.68. The molecule has 0 aliphatic carbocycles. The number of nitrogens with zero attached hydrogens (tertiary/aromatic N) is 1. The Hall–Kier alpha value is -3.37. The molecular weight excluding hydrogens is 358 g/mol. The number of benzene rings is 2. The fourth-order valence-corrected chi connectivity index (χ4v) is 2.78. The number of anilines is 2. The van der Waals surface area contributed by atoms with E-state index in [-0.39, 0.29) is 0 Å². The van der Waals surface area contributed by atoms with Gasteiger partial charge in [-0.15, -0.1) is 0 Å². The Labute approximate surface area is 163 Å². The van der Waals surface area contributed by atoms with E-state index in [0.717, 1.165) is 5.56 Å².